The predicted molar refractivity (Wildman–Crippen MR) is 43.8 cm³/mol. The maximum atomic E-state index is 11.9. The Morgan fingerprint density at radius 2 is 2.07 bits per heavy atom. The molecule has 0 aliphatic carbocycles. The Balaban J connectivity index is 1.80. The van der Waals surface area contributed by atoms with Crippen LogP contribution >= 0.6 is 0 Å². The molecule has 1 aromatic rings. The van der Waals surface area contributed by atoms with Crippen LogP contribution in [0, 0.1) is 0 Å². The molecule has 0 saturated carbocycles. The van der Waals surface area contributed by atoms with Crippen LogP contribution in [0.4, 0.5) is 13.2 Å². The van der Waals surface area contributed by atoms with Crippen molar-refractivity contribution in [2.24, 2.45) is 0 Å². The molecule has 0 N–H and O–H groups in total. The van der Waals surface area contributed by atoms with Crippen molar-refractivity contribution in [3.8, 4) is 0 Å². The lowest BCUT2D eigenvalue weighted by molar-refractivity contribution is -0.157. The van der Waals surface area contributed by atoms with Crippen LogP contribution in [-0.4, -0.2) is 40.5 Å². The molecule has 6 heteroatoms. The second-order valence-electron chi connectivity index (χ2n) is 3.45. The minimum Gasteiger partial charge on any atom is -0.291 e. The van der Waals surface area contributed by atoms with Gasteiger partial charge in [-0.15, -0.1) is 0 Å². The van der Waals surface area contributed by atoms with Gasteiger partial charge in [0.15, 0.2) is 0 Å². The number of hydrogen-bond donors (Lipinski definition) is 0. The van der Waals surface area contributed by atoms with Gasteiger partial charge in [-0.25, -0.2) is 0 Å². The fraction of sp³-hybridized carbons (Fsp3) is 0.625. The van der Waals surface area contributed by atoms with Crippen LogP contribution in [0.5, 0.6) is 0 Å². The molecule has 1 aliphatic rings. The first kappa shape index (κ1) is 9.51. The molecule has 0 radical (unpaired) electrons. The Bertz CT molecular complexity index is 287. The van der Waals surface area contributed by atoms with E-state index >= 15 is 0 Å². The standard InChI is InChI=1S/C8H10F3N3/c9-8(10,11)6-13-4-7(5-13)14-3-1-2-12-14/h1-3,7H,4-6H2. The zero-order chi connectivity index (χ0) is 10.2. The van der Waals surface area contributed by atoms with E-state index in [0.29, 0.717) is 13.1 Å². The maximum absolute atomic E-state index is 11.9. The molecule has 0 unspecified atom stereocenters. The lowest BCUT2D eigenvalue weighted by Crippen LogP contribution is -2.51. The van der Waals surface area contributed by atoms with Gasteiger partial charge < -0.3 is 0 Å². The Kier molecular flexibility index (Phi) is 2.22. The highest BCUT2D eigenvalue weighted by atomic mass is 19.4. The smallest absolute Gasteiger partial charge is 0.291 e. The van der Waals surface area contributed by atoms with Crippen LogP contribution in [0.25, 0.3) is 0 Å². The lowest BCUT2D eigenvalue weighted by Gasteiger charge is -2.39. The SMILES string of the molecule is FC(F)(F)CN1CC(n2cccn2)C1. The molecule has 0 bridgehead atoms. The minimum absolute atomic E-state index is 0.104. The summed E-state index contributed by atoms with van der Waals surface area (Å²) >= 11 is 0. The van der Waals surface area contributed by atoms with E-state index in [1.165, 1.54) is 4.90 Å². The van der Waals surface area contributed by atoms with Crippen molar-refractivity contribution in [2.75, 3.05) is 19.6 Å². The van der Waals surface area contributed by atoms with E-state index in [2.05, 4.69) is 5.10 Å². The molecule has 1 aromatic heterocycles. The number of rotatable bonds is 2. The molecule has 1 aliphatic heterocycles. The van der Waals surface area contributed by atoms with E-state index in [1.54, 1.807) is 23.1 Å². The average molecular weight is 205 g/mol. The lowest BCUT2D eigenvalue weighted by atomic mass is 10.1. The number of hydrogen-bond acceptors (Lipinski definition) is 2. The summed E-state index contributed by atoms with van der Waals surface area (Å²) in [6, 6.07) is 1.87. The van der Waals surface area contributed by atoms with Gasteiger partial charge in [-0.2, -0.15) is 18.3 Å². The van der Waals surface area contributed by atoms with Crippen molar-refractivity contribution in [1.82, 2.24) is 14.7 Å². The second kappa shape index (κ2) is 3.27. The van der Waals surface area contributed by atoms with E-state index in [0.717, 1.165) is 0 Å². The summed E-state index contributed by atoms with van der Waals surface area (Å²) in [6.45, 7) is 0.0488. The Morgan fingerprint density at radius 1 is 1.36 bits per heavy atom. The quantitative estimate of drug-likeness (QED) is 0.725. The molecule has 3 nitrogen and oxygen atoms in total. The first-order valence-corrected chi connectivity index (χ1v) is 4.33. The topological polar surface area (TPSA) is 21.1 Å². The molecule has 2 rings (SSSR count). The molecular weight excluding hydrogens is 195 g/mol. The van der Waals surface area contributed by atoms with Crippen LogP contribution in [0.3, 0.4) is 0 Å². The first-order chi connectivity index (χ1) is 6.54. The molecule has 1 fully saturated rings. The largest absolute Gasteiger partial charge is 0.401 e. The van der Waals surface area contributed by atoms with Crippen molar-refractivity contribution in [3.63, 3.8) is 0 Å². The number of nitrogens with zero attached hydrogens (tertiary/aromatic N) is 3. The van der Waals surface area contributed by atoms with Crippen LogP contribution < -0.4 is 0 Å². The van der Waals surface area contributed by atoms with Gasteiger partial charge in [0.25, 0.3) is 0 Å². The van der Waals surface area contributed by atoms with E-state index in [1.807, 2.05) is 0 Å². The van der Waals surface area contributed by atoms with Crippen LogP contribution in [-0.2, 0) is 0 Å². The number of halogens is 3. The summed E-state index contributed by atoms with van der Waals surface area (Å²) in [5.41, 5.74) is 0. The van der Waals surface area contributed by atoms with Crippen molar-refractivity contribution >= 4 is 0 Å². The molecule has 0 atom stereocenters. The minimum atomic E-state index is -4.09. The van der Waals surface area contributed by atoms with Gasteiger partial charge in [0.1, 0.15) is 0 Å². The Morgan fingerprint density at radius 3 is 2.57 bits per heavy atom. The number of aromatic nitrogens is 2. The molecule has 0 aromatic carbocycles. The fourth-order valence-electron chi connectivity index (χ4n) is 1.59. The summed E-state index contributed by atoms with van der Waals surface area (Å²) in [5, 5.41) is 3.98. The van der Waals surface area contributed by atoms with Crippen LogP contribution in [0.1, 0.15) is 6.04 Å². The summed E-state index contributed by atoms with van der Waals surface area (Å²) in [4.78, 5) is 1.37. The van der Waals surface area contributed by atoms with Gasteiger partial charge in [-0.3, -0.25) is 9.58 Å². The molecule has 2 heterocycles. The van der Waals surface area contributed by atoms with E-state index in [-0.39, 0.29) is 6.04 Å². The van der Waals surface area contributed by atoms with Gasteiger partial charge in [0.05, 0.1) is 12.6 Å². The van der Waals surface area contributed by atoms with E-state index in [9.17, 15) is 13.2 Å². The first-order valence-electron chi connectivity index (χ1n) is 4.33. The molecule has 0 amide bonds. The highest BCUT2D eigenvalue weighted by Crippen LogP contribution is 2.25. The summed E-state index contributed by atoms with van der Waals surface area (Å²) in [7, 11) is 0. The monoisotopic (exact) mass is 205 g/mol. The van der Waals surface area contributed by atoms with Crippen molar-refractivity contribution in [2.45, 2.75) is 12.2 Å². The summed E-state index contributed by atoms with van der Waals surface area (Å²) in [6.07, 6.45) is -0.683. The molecule has 14 heavy (non-hydrogen) atoms. The van der Waals surface area contributed by atoms with Gasteiger partial charge in [-0.1, -0.05) is 0 Å². The highest BCUT2D eigenvalue weighted by molar-refractivity contribution is 4.89. The third-order valence-electron chi connectivity index (χ3n) is 2.24. The third-order valence-corrected chi connectivity index (χ3v) is 2.24. The summed E-state index contributed by atoms with van der Waals surface area (Å²) < 4.78 is 37.5. The van der Waals surface area contributed by atoms with Crippen molar-refractivity contribution in [1.29, 1.82) is 0 Å². The average Bonchev–Trinajstić information content (AvgIpc) is 2.45. The van der Waals surface area contributed by atoms with Gasteiger partial charge in [0.2, 0.25) is 0 Å². The highest BCUT2D eigenvalue weighted by Gasteiger charge is 2.37. The van der Waals surface area contributed by atoms with Gasteiger partial charge in [-0.05, 0) is 6.07 Å². The van der Waals surface area contributed by atoms with Crippen LogP contribution in [0.15, 0.2) is 18.5 Å². The molecule has 0 spiro atoms. The Labute approximate surface area is 79.1 Å². The Hall–Kier alpha value is -1.04. The molecular formula is C8H10F3N3. The molecule has 1 saturated heterocycles. The van der Waals surface area contributed by atoms with Gasteiger partial charge in [0, 0.05) is 25.5 Å². The second-order valence-corrected chi connectivity index (χ2v) is 3.45. The van der Waals surface area contributed by atoms with Crippen LogP contribution in [0.2, 0.25) is 0 Å². The zero-order valence-corrected chi connectivity index (χ0v) is 7.41. The number of alkyl halides is 3. The van der Waals surface area contributed by atoms with Gasteiger partial charge >= 0.3 is 6.18 Å². The summed E-state index contributed by atoms with van der Waals surface area (Å²) in [5.74, 6) is 0. The molecule has 78 valence electrons. The normalized spacial score (nSPS) is 19.6. The predicted octanol–water partition coefficient (Wildman–Crippen LogP) is 1.30. The van der Waals surface area contributed by atoms with Crippen molar-refractivity contribution < 1.29 is 13.2 Å². The van der Waals surface area contributed by atoms with E-state index in [4.69, 9.17) is 0 Å². The van der Waals surface area contributed by atoms with E-state index < -0.39 is 12.7 Å². The fourth-order valence-corrected chi connectivity index (χ4v) is 1.59. The van der Waals surface area contributed by atoms with Crippen molar-refractivity contribution in [3.05, 3.63) is 18.5 Å². The number of likely N-dealkylation sites (tertiary alicyclic amines) is 1. The maximum Gasteiger partial charge on any atom is 0.401 e. The third kappa shape index (κ3) is 2.06. The zero-order valence-electron chi connectivity index (χ0n) is 7.41.